The molecule has 0 aliphatic heterocycles. The van der Waals surface area contributed by atoms with Gasteiger partial charge in [-0.15, -0.1) is 0 Å². The van der Waals surface area contributed by atoms with Gasteiger partial charge in [0.25, 0.3) is 0 Å². The Balaban J connectivity index is 2.33. The first-order valence-electron chi connectivity index (χ1n) is 5.77. The van der Waals surface area contributed by atoms with Gasteiger partial charge in [-0.1, -0.05) is 0 Å². The van der Waals surface area contributed by atoms with Crippen LogP contribution in [0.5, 0.6) is 0 Å². The average molecular weight is 288 g/mol. The standard InChI is InChI=1S/C13H12F4N2O/c14-11-4-3-8(13(15,16)17)6-10(11)12(19-18)7-9-2-1-5-20-9/h1-6,12,19H,7,18H2. The molecule has 1 unspecified atom stereocenters. The minimum Gasteiger partial charge on any atom is -0.469 e. The Hall–Kier alpha value is -1.86. The predicted molar refractivity (Wildman–Crippen MR) is 63.9 cm³/mol. The summed E-state index contributed by atoms with van der Waals surface area (Å²) in [5.41, 5.74) is 1.23. The van der Waals surface area contributed by atoms with E-state index in [9.17, 15) is 17.6 Å². The van der Waals surface area contributed by atoms with E-state index in [1.807, 2.05) is 0 Å². The van der Waals surface area contributed by atoms with E-state index >= 15 is 0 Å². The molecule has 3 nitrogen and oxygen atoms in total. The fourth-order valence-corrected chi connectivity index (χ4v) is 1.88. The van der Waals surface area contributed by atoms with E-state index in [0.29, 0.717) is 11.8 Å². The molecule has 2 aromatic rings. The zero-order valence-electron chi connectivity index (χ0n) is 10.2. The Kier molecular flexibility index (Phi) is 4.10. The van der Waals surface area contributed by atoms with Gasteiger partial charge in [0, 0.05) is 12.0 Å². The lowest BCUT2D eigenvalue weighted by molar-refractivity contribution is -0.137. The second kappa shape index (κ2) is 5.64. The number of furan rings is 1. The van der Waals surface area contributed by atoms with Crippen LogP contribution in [0.1, 0.15) is 22.9 Å². The van der Waals surface area contributed by atoms with E-state index in [1.54, 1.807) is 12.1 Å². The van der Waals surface area contributed by atoms with Crippen LogP contribution in [0, 0.1) is 5.82 Å². The van der Waals surface area contributed by atoms with Gasteiger partial charge >= 0.3 is 6.18 Å². The summed E-state index contributed by atoms with van der Waals surface area (Å²) in [6.45, 7) is 0. The molecule has 0 radical (unpaired) electrons. The van der Waals surface area contributed by atoms with Crippen molar-refractivity contribution in [2.45, 2.75) is 18.6 Å². The molecule has 7 heteroatoms. The van der Waals surface area contributed by atoms with Gasteiger partial charge in [-0.05, 0) is 30.3 Å². The first-order valence-corrected chi connectivity index (χ1v) is 5.77. The molecule has 3 N–H and O–H groups in total. The second-order valence-corrected chi connectivity index (χ2v) is 4.24. The van der Waals surface area contributed by atoms with Crippen LogP contribution in [0.2, 0.25) is 0 Å². The van der Waals surface area contributed by atoms with Crippen LogP contribution in [0.25, 0.3) is 0 Å². The molecule has 0 aliphatic rings. The molecule has 1 aromatic carbocycles. The summed E-state index contributed by atoms with van der Waals surface area (Å²) in [6.07, 6.45) is -2.97. The molecule has 1 atom stereocenters. The molecule has 0 fully saturated rings. The molecule has 1 aromatic heterocycles. The van der Waals surface area contributed by atoms with Gasteiger partial charge < -0.3 is 4.42 Å². The molecule has 0 bridgehead atoms. The molecule has 108 valence electrons. The van der Waals surface area contributed by atoms with E-state index < -0.39 is 23.6 Å². The van der Waals surface area contributed by atoms with Crippen LogP contribution >= 0.6 is 0 Å². The smallest absolute Gasteiger partial charge is 0.416 e. The normalized spacial score (nSPS) is 13.4. The fraction of sp³-hybridized carbons (Fsp3) is 0.231. The largest absolute Gasteiger partial charge is 0.469 e. The zero-order valence-corrected chi connectivity index (χ0v) is 10.2. The topological polar surface area (TPSA) is 51.2 Å². The van der Waals surface area contributed by atoms with Crippen molar-refractivity contribution in [2.24, 2.45) is 5.84 Å². The maximum absolute atomic E-state index is 13.7. The van der Waals surface area contributed by atoms with Gasteiger partial charge in [0.15, 0.2) is 0 Å². The monoisotopic (exact) mass is 288 g/mol. The van der Waals surface area contributed by atoms with Crippen LogP contribution in [0.3, 0.4) is 0 Å². The SMILES string of the molecule is NNC(Cc1ccco1)c1cc(C(F)(F)F)ccc1F. The quantitative estimate of drug-likeness (QED) is 0.516. The highest BCUT2D eigenvalue weighted by molar-refractivity contribution is 5.30. The lowest BCUT2D eigenvalue weighted by Crippen LogP contribution is -2.30. The maximum atomic E-state index is 13.7. The number of hydrazine groups is 1. The van der Waals surface area contributed by atoms with E-state index in [2.05, 4.69) is 5.43 Å². The predicted octanol–water partition coefficient (Wildman–Crippen LogP) is 3.18. The highest BCUT2D eigenvalue weighted by Crippen LogP contribution is 2.32. The molecular formula is C13H12F4N2O. The van der Waals surface area contributed by atoms with Gasteiger partial charge in [-0.25, -0.2) is 4.39 Å². The van der Waals surface area contributed by atoms with Crippen molar-refractivity contribution in [1.82, 2.24) is 5.43 Å². The van der Waals surface area contributed by atoms with Gasteiger partial charge in [-0.2, -0.15) is 13.2 Å². The van der Waals surface area contributed by atoms with Crippen molar-refractivity contribution in [2.75, 3.05) is 0 Å². The molecule has 2 rings (SSSR count). The number of alkyl halides is 3. The van der Waals surface area contributed by atoms with Crippen molar-refractivity contribution in [1.29, 1.82) is 0 Å². The number of nitrogens with two attached hydrogens (primary N) is 1. The van der Waals surface area contributed by atoms with Crippen LogP contribution in [0.15, 0.2) is 41.0 Å². The molecule has 20 heavy (non-hydrogen) atoms. The summed E-state index contributed by atoms with van der Waals surface area (Å²) < 4.78 is 56.8. The Bertz CT molecular complexity index is 566. The number of nitrogens with one attached hydrogen (secondary N) is 1. The summed E-state index contributed by atoms with van der Waals surface area (Å²) in [6, 6.07) is 4.68. The van der Waals surface area contributed by atoms with Crippen molar-refractivity contribution in [3.63, 3.8) is 0 Å². The highest BCUT2D eigenvalue weighted by atomic mass is 19.4. The average Bonchev–Trinajstić information content (AvgIpc) is 2.88. The number of halogens is 4. The third-order valence-electron chi connectivity index (χ3n) is 2.89. The van der Waals surface area contributed by atoms with Crippen LogP contribution in [-0.4, -0.2) is 0 Å². The van der Waals surface area contributed by atoms with Crippen LogP contribution < -0.4 is 11.3 Å². The lowest BCUT2D eigenvalue weighted by Gasteiger charge is -2.17. The fourth-order valence-electron chi connectivity index (χ4n) is 1.88. The van der Waals surface area contributed by atoms with Crippen molar-refractivity contribution < 1.29 is 22.0 Å². The van der Waals surface area contributed by atoms with E-state index in [1.165, 1.54) is 6.26 Å². The van der Waals surface area contributed by atoms with E-state index in [0.717, 1.165) is 12.1 Å². The summed E-state index contributed by atoms with van der Waals surface area (Å²) in [4.78, 5) is 0. The Morgan fingerprint density at radius 1 is 1.25 bits per heavy atom. The second-order valence-electron chi connectivity index (χ2n) is 4.24. The summed E-state index contributed by atoms with van der Waals surface area (Å²) in [7, 11) is 0. The number of hydrogen-bond acceptors (Lipinski definition) is 3. The summed E-state index contributed by atoms with van der Waals surface area (Å²) in [5, 5.41) is 0. The lowest BCUT2D eigenvalue weighted by atomic mass is 10.00. The Morgan fingerprint density at radius 3 is 2.55 bits per heavy atom. The number of hydrogen-bond donors (Lipinski definition) is 2. The first kappa shape index (κ1) is 14.5. The molecular weight excluding hydrogens is 276 g/mol. The van der Waals surface area contributed by atoms with Crippen LogP contribution in [-0.2, 0) is 12.6 Å². The molecule has 0 amide bonds. The van der Waals surface area contributed by atoms with Crippen molar-refractivity contribution in [3.8, 4) is 0 Å². The summed E-state index contributed by atoms with van der Waals surface area (Å²) >= 11 is 0. The zero-order chi connectivity index (χ0) is 14.8. The first-order chi connectivity index (χ1) is 9.41. The van der Waals surface area contributed by atoms with Gasteiger partial charge in [0.05, 0.1) is 17.9 Å². The Labute approximate surface area is 112 Å². The van der Waals surface area contributed by atoms with Crippen molar-refractivity contribution in [3.05, 3.63) is 59.3 Å². The van der Waals surface area contributed by atoms with Crippen molar-refractivity contribution >= 4 is 0 Å². The van der Waals surface area contributed by atoms with Gasteiger partial charge in [-0.3, -0.25) is 11.3 Å². The third-order valence-corrected chi connectivity index (χ3v) is 2.89. The minimum atomic E-state index is -4.54. The highest BCUT2D eigenvalue weighted by Gasteiger charge is 2.32. The molecule has 0 saturated heterocycles. The van der Waals surface area contributed by atoms with Gasteiger partial charge in [0.1, 0.15) is 11.6 Å². The number of benzene rings is 1. The van der Waals surface area contributed by atoms with Gasteiger partial charge in [0.2, 0.25) is 0 Å². The Morgan fingerprint density at radius 2 is 2.00 bits per heavy atom. The molecule has 0 saturated carbocycles. The molecule has 0 aliphatic carbocycles. The minimum absolute atomic E-state index is 0.141. The molecule has 0 spiro atoms. The molecule has 1 heterocycles. The number of rotatable bonds is 4. The third kappa shape index (κ3) is 3.17. The maximum Gasteiger partial charge on any atom is 0.416 e. The summed E-state index contributed by atoms with van der Waals surface area (Å²) in [5.74, 6) is 5.04. The van der Waals surface area contributed by atoms with E-state index in [-0.39, 0.29) is 12.0 Å². The van der Waals surface area contributed by atoms with E-state index in [4.69, 9.17) is 10.3 Å². The van der Waals surface area contributed by atoms with Crippen LogP contribution in [0.4, 0.5) is 17.6 Å².